The van der Waals surface area contributed by atoms with Crippen LogP contribution in [0.15, 0.2) is 30.4 Å². The predicted molar refractivity (Wildman–Crippen MR) is 98.4 cm³/mol. The maximum absolute atomic E-state index is 5.56. The first-order valence-electron chi connectivity index (χ1n) is 9.81. The van der Waals surface area contributed by atoms with E-state index in [1.165, 1.54) is 51.1 Å². The lowest BCUT2D eigenvalue weighted by Crippen LogP contribution is -3.27. The van der Waals surface area contributed by atoms with Gasteiger partial charge in [0.1, 0.15) is 44.2 Å². The second-order valence-corrected chi connectivity index (χ2v) is 8.10. The zero-order valence-corrected chi connectivity index (χ0v) is 15.6. The van der Waals surface area contributed by atoms with Crippen molar-refractivity contribution in [1.82, 2.24) is 0 Å². The molecule has 2 aliphatic carbocycles. The minimum Gasteiger partial charge on any atom is -0.497 e. The summed E-state index contributed by atoms with van der Waals surface area (Å²) in [7, 11) is 3.45. The molecule has 4 rings (SSSR count). The van der Waals surface area contributed by atoms with Gasteiger partial charge in [-0.15, -0.1) is 0 Å². The van der Waals surface area contributed by atoms with Crippen LogP contribution in [0.2, 0.25) is 0 Å². The zero-order valence-electron chi connectivity index (χ0n) is 15.6. The predicted octanol–water partition coefficient (Wildman–Crippen LogP) is 0.199. The van der Waals surface area contributed by atoms with Crippen LogP contribution in [0.1, 0.15) is 18.4 Å². The molecule has 25 heavy (non-hydrogen) atoms. The van der Waals surface area contributed by atoms with E-state index in [0.29, 0.717) is 0 Å². The number of methoxy groups -OCH3 is 2. The summed E-state index contributed by atoms with van der Waals surface area (Å²) in [6.45, 7) is 7.60. The fraction of sp³-hybridized carbons (Fsp3) is 0.619. The lowest BCUT2D eigenvalue weighted by Gasteiger charge is -2.32. The Kier molecular flexibility index (Phi) is 5.00. The van der Waals surface area contributed by atoms with E-state index >= 15 is 0 Å². The molecule has 4 nitrogen and oxygen atoms in total. The van der Waals surface area contributed by atoms with Gasteiger partial charge < -0.3 is 19.3 Å². The van der Waals surface area contributed by atoms with Crippen molar-refractivity contribution < 1.29 is 19.3 Å². The molecule has 3 atom stereocenters. The summed E-state index contributed by atoms with van der Waals surface area (Å²) in [5, 5.41) is 0. The summed E-state index contributed by atoms with van der Waals surface area (Å²) < 4.78 is 10.9. The monoisotopic (exact) mass is 344 g/mol. The molecule has 3 aliphatic rings. The number of quaternary nitrogens is 2. The van der Waals surface area contributed by atoms with Crippen LogP contribution < -0.4 is 19.3 Å². The van der Waals surface area contributed by atoms with Crippen molar-refractivity contribution in [2.75, 3.05) is 46.9 Å². The summed E-state index contributed by atoms with van der Waals surface area (Å²) in [5.41, 5.74) is 1.29. The lowest BCUT2D eigenvalue weighted by atomic mass is 9.93. The third kappa shape index (κ3) is 3.70. The second-order valence-electron chi connectivity index (χ2n) is 8.10. The summed E-state index contributed by atoms with van der Waals surface area (Å²) >= 11 is 0. The standard InChI is InChI=1S/C21H30N2O2/c1-24-20-6-5-18(21(13-20)25-2)14-22-7-9-23(10-8-22)15-19-12-16-3-4-17(19)11-16/h3-6,13,16-17,19H,7-12,14-15H2,1-2H3/p+2/t16-,17+,19+/m1/s1. The summed E-state index contributed by atoms with van der Waals surface area (Å²) in [5.74, 6) is 4.57. The SMILES string of the molecule is COc1ccc(C[NH+]2CC[NH+](C[C@@H]3C[C@@H]4C=C[C@H]3C4)CC2)c(OC)c1. The zero-order chi connectivity index (χ0) is 17.2. The molecule has 0 radical (unpaired) electrons. The number of nitrogens with one attached hydrogen (secondary N) is 2. The Morgan fingerprint density at radius 3 is 2.40 bits per heavy atom. The maximum Gasteiger partial charge on any atom is 0.131 e. The molecule has 1 saturated heterocycles. The third-order valence-electron chi connectivity index (χ3n) is 6.57. The molecule has 1 aromatic rings. The van der Waals surface area contributed by atoms with Crippen molar-refractivity contribution >= 4 is 0 Å². The molecule has 1 aliphatic heterocycles. The lowest BCUT2D eigenvalue weighted by molar-refractivity contribution is -1.02. The smallest absolute Gasteiger partial charge is 0.131 e. The Labute approximate surface area is 151 Å². The molecule has 2 N–H and O–H groups in total. The van der Waals surface area contributed by atoms with Gasteiger partial charge in [-0.25, -0.2) is 0 Å². The number of hydrogen-bond acceptors (Lipinski definition) is 2. The van der Waals surface area contributed by atoms with E-state index in [4.69, 9.17) is 9.47 Å². The molecule has 0 amide bonds. The fourth-order valence-electron chi connectivity index (χ4n) is 5.11. The minimum atomic E-state index is 0.866. The van der Waals surface area contributed by atoms with Crippen molar-refractivity contribution in [2.24, 2.45) is 17.8 Å². The number of fused-ring (bicyclic) bond motifs is 2. The van der Waals surface area contributed by atoms with E-state index in [1.54, 1.807) is 19.1 Å². The van der Waals surface area contributed by atoms with Crippen molar-refractivity contribution in [3.05, 3.63) is 35.9 Å². The molecule has 0 unspecified atom stereocenters. The van der Waals surface area contributed by atoms with Crippen LogP contribution in [-0.2, 0) is 6.54 Å². The Morgan fingerprint density at radius 2 is 1.76 bits per heavy atom. The largest absolute Gasteiger partial charge is 0.497 e. The van der Waals surface area contributed by atoms with Crippen LogP contribution in [0.5, 0.6) is 11.5 Å². The second kappa shape index (κ2) is 7.38. The maximum atomic E-state index is 5.56. The minimum absolute atomic E-state index is 0.866. The molecule has 1 saturated carbocycles. The summed E-state index contributed by atoms with van der Waals surface area (Å²) in [4.78, 5) is 3.51. The van der Waals surface area contributed by atoms with Gasteiger partial charge in [-0.1, -0.05) is 12.2 Å². The average Bonchev–Trinajstić information content (AvgIpc) is 3.26. The van der Waals surface area contributed by atoms with Gasteiger partial charge in [-0.3, -0.25) is 0 Å². The quantitative estimate of drug-likeness (QED) is 0.722. The molecule has 136 valence electrons. The number of hydrogen-bond donors (Lipinski definition) is 2. The molecule has 2 bridgehead atoms. The Hall–Kier alpha value is -1.52. The van der Waals surface area contributed by atoms with E-state index in [9.17, 15) is 0 Å². The number of ether oxygens (including phenoxy) is 2. The topological polar surface area (TPSA) is 27.3 Å². The van der Waals surface area contributed by atoms with Gasteiger partial charge >= 0.3 is 0 Å². The fourth-order valence-corrected chi connectivity index (χ4v) is 5.11. The normalized spacial score (nSPS) is 33.6. The summed E-state index contributed by atoms with van der Waals surface area (Å²) in [6, 6.07) is 6.20. The van der Waals surface area contributed by atoms with Crippen molar-refractivity contribution in [1.29, 1.82) is 0 Å². The highest BCUT2D eigenvalue weighted by Crippen LogP contribution is 2.42. The number of benzene rings is 1. The highest BCUT2D eigenvalue weighted by atomic mass is 16.5. The van der Waals surface area contributed by atoms with Crippen LogP contribution in [0.3, 0.4) is 0 Å². The average molecular weight is 344 g/mol. The number of rotatable bonds is 6. The molecule has 0 spiro atoms. The molecule has 4 heteroatoms. The van der Waals surface area contributed by atoms with E-state index in [-0.39, 0.29) is 0 Å². The molecule has 1 heterocycles. The van der Waals surface area contributed by atoms with Gasteiger partial charge in [0.15, 0.2) is 0 Å². The molecule has 0 aromatic heterocycles. The first kappa shape index (κ1) is 16.9. The van der Waals surface area contributed by atoms with Crippen molar-refractivity contribution in [3.8, 4) is 11.5 Å². The van der Waals surface area contributed by atoms with E-state index in [2.05, 4.69) is 18.2 Å². The molecule has 1 aromatic carbocycles. The highest BCUT2D eigenvalue weighted by Gasteiger charge is 2.38. The third-order valence-corrected chi connectivity index (χ3v) is 6.57. The first-order valence-corrected chi connectivity index (χ1v) is 9.81. The first-order chi connectivity index (χ1) is 12.2. The number of allylic oxidation sites excluding steroid dienone is 2. The van der Waals surface area contributed by atoms with Crippen LogP contribution in [0.4, 0.5) is 0 Å². The Bertz CT molecular complexity index is 622. The number of piperazine rings is 1. The van der Waals surface area contributed by atoms with E-state index < -0.39 is 0 Å². The van der Waals surface area contributed by atoms with Gasteiger partial charge in [-0.05, 0) is 36.8 Å². The van der Waals surface area contributed by atoms with Crippen LogP contribution in [-0.4, -0.2) is 46.9 Å². The molecular weight excluding hydrogens is 312 g/mol. The highest BCUT2D eigenvalue weighted by molar-refractivity contribution is 5.40. The van der Waals surface area contributed by atoms with Crippen LogP contribution >= 0.6 is 0 Å². The van der Waals surface area contributed by atoms with Gasteiger partial charge in [-0.2, -0.15) is 0 Å². The van der Waals surface area contributed by atoms with Crippen LogP contribution in [0.25, 0.3) is 0 Å². The van der Waals surface area contributed by atoms with E-state index in [0.717, 1.165) is 35.8 Å². The molecular formula is C21H32N2O2+2. The Balaban J connectivity index is 1.28. The van der Waals surface area contributed by atoms with Gasteiger partial charge in [0, 0.05) is 17.5 Å². The van der Waals surface area contributed by atoms with E-state index in [1.807, 2.05) is 17.0 Å². The Morgan fingerprint density at radius 1 is 0.960 bits per heavy atom. The van der Waals surface area contributed by atoms with Gasteiger partial charge in [0.25, 0.3) is 0 Å². The van der Waals surface area contributed by atoms with Crippen LogP contribution in [0, 0.1) is 17.8 Å². The van der Waals surface area contributed by atoms with Gasteiger partial charge in [0.2, 0.25) is 0 Å². The molecule has 2 fully saturated rings. The van der Waals surface area contributed by atoms with Gasteiger partial charge in [0.05, 0.1) is 20.8 Å². The van der Waals surface area contributed by atoms with Crippen molar-refractivity contribution in [2.45, 2.75) is 19.4 Å². The summed E-state index contributed by atoms with van der Waals surface area (Å²) in [6.07, 6.45) is 7.84. The van der Waals surface area contributed by atoms with Crippen molar-refractivity contribution in [3.63, 3.8) is 0 Å².